The summed E-state index contributed by atoms with van der Waals surface area (Å²) in [5, 5.41) is 6.51. The van der Waals surface area contributed by atoms with Crippen LogP contribution in [0.1, 0.15) is 50.2 Å². The summed E-state index contributed by atoms with van der Waals surface area (Å²) in [6.45, 7) is 5.07. The number of alkyl halides is 3. The lowest BCUT2D eigenvalue weighted by Crippen LogP contribution is -2.50. The van der Waals surface area contributed by atoms with Crippen LogP contribution in [0.25, 0.3) is 0 Å². The van der Waals surface area contributed by atoms with Gasteiger partial charge >= 0.3 is 6.18 Å². The Morgan fingerprint density at radius 1 is 1.29 bits per heavy atom. The maximum atomic E-state index is 12.9. The van der Waals surface area contributed by atoms with Crippen LogP contribution in [0.3, 0.4) is 0 Å². The van der Waals surface area contributed by atoms with Gasteiger partial charge in [-0.15, -0.1) is 24.0 Å². The summed E-state index contributed by atoms with van der Waals surface area (Å²) in [6.07, 6.45) is -2.30. The van der Waals surface area contributed by atoms with Gasteiger partial charge in [0.1, 0.15) is 0 Å². The second-order valence-corrected chi connectivity index (χ2v) is 9.79. The highest BCUT2D eigenvalue weighted by molar-refractivity contribution is 14.0. The Bertz CT molecular complexity index is 826. The minimum absolute atomic E-state index is 0. The van der Waals surface area contributed by atoms with Gasteiger partial charge in [0.05, 0.1) is 11.3 Å². The van der Waals surface area contributed by atoms with E-state index in [0.717, 1.165) is 6.07 Å². The first-order chi connectivity index (χ1) is 14.1. The minimum atomic E-state index is -4.34. The molecule has 1 saturated heterocycles. The van der Waals surface area contributed by atoms with Crippen molar-refractivity contribution in [2.75, 3.05) is 32.4 Å². The molecule has 11 heteroatoms. The highest BCUT2D eigenvalue weighted by Gasteiger charge is 2.30. The summed E-state index contributed by atoms with van der Waals surface area (Å²) in [7, 11) is -1.50. The molecular formula is C20H32F3IN4O2S. The van der Waals surface area contributed by atoms with Crippen molar-refractivity contribution < 1.29 is 21.6 Å². The zero-order valence-corrected chi connectivity index (χ0v) is 21.2. The number of halogens is 4. The van der Waals surface area contributed by atoms with Gasteiger partial charge in [-0.05, 0) is 43.7 Å². The molecule has 0 bridgehead atoms. The predicted octanol–water partition coefficient (Wildman–Crippen LogP) is 3.80. The Morgan fingerprint density at radius 2 is 1.94 bits per heavy atom. The van der Waals surface area contributed by atoms with Gasteiger partial charge in [-0.2, -0.15) is 13.2 Å². The van der Waals surface area contributed by atoms with E-state index in [9.17, 15) is 21.6 Å². The van der Waals surface area contributed by atoms with Crippen LogP contribution in [0, 0.1) is 0 Å². The SMILES string of the molecule is CCS(=O)(=O)N1CCC(NC(=NC)NCCC(C)c2cccc(C(F)(F)F)c2)CC1.I. The number of nitrogens with zero attached hydrogens (tertiary/aromatic N) is 2. The largest absolute Gasteiger partial charge is 0.416 e. The van der Waals surface area contributed by atoms with E-state index < -0.39 is 21.8 Å². The lowest BCUT2D eigenvalue weighted by molar-refractivity contribution is -0.137. The molecule has 0 saturated carbocycles. The van der Waals surface area contributed by atoms with E-state index in [1.54, 1.807) is 20.0 Å². The quantitative estimate of drug-likeness (QED) is 0.295. The van der Waals surface area contributed by atoms with Crippen molar-refractivity contribution in [2.45, 2.75) is 51.2 Å². The third kappa shape index (κ3) is 8.41. The van der Waals surface area contributed by atoms with E-state index in [4.69, 9.17) is 0 Å². The number of benzene rings is 1. The Labute approximate surface area is 200 Å². The molecule has 0 spiro atoms. The maximum Gasteiger partial charge on any atom is 0.416 e. The average Bonchev–Trinajstić information content (AvgIpc) is 2.72. The molecule has 1 aromatic carbocycles. The fourth-order valence-corrected chi connectivity index (χ4v) is 4.58. The van der Waals surface area contributed by atoms with E-state index in [1.165, 1.54) is 16.4 Å². The van der Waals surface area contributed by atoms with E-state index in [1.807, 2.05) is 6.92 Å². The van der Waals surface area contributed by atoms with Crippen molar-refractivity contribution in [1.82, 2.24) is 14.9 Å². The standard InChI is InChI=1S/C20H31F3N4O2S.HI/c1-4-30(28,29)27-12-9-18(10-13-27)26-19(24-3)25-11-8-15(2)16-6-5-7-17(14-16)20(21,22)23;/h5-7,14-15,18H,4,8-13H2,1-3H3,(H2,24,25,26);1H. The molecule has 0 aromatic heterocycles. The molecule has 1 unspecified atom stereocenters. The molecule has 1 aliphatic heterocycles. The number of guanidine groups is 1. The van der Waals surface area contributed by atoms with E-state index in [0.29, 0.717) is 50.4 Å². The second kappa shape index (κ2) is 12.2. The molecule has 1 fully saturated rings. The minimum Gasteiger partial charge on any atom is -0.356 e. The Balaban J connectivity index is 0.00000480. The van der Waals surface area contributed by atoms with Crippen LogP contribution in [0.5, 0.6) is 0 Å². The normalized spacial score (nSPS) is 17.7. The average molecular weight is 576 g/mol. The van der Waals surface area contributed by atoms with Gasteiger partial charge in [0.2, 0.25) is 10.0 Å². The first-order valence-electron chi connectivity index (χ1n) is 10.2. The molecule has 0 amide bonds. The van der Waals surface area contributed by atoms with Gasteiger partial charge in [-0.25, -0.2) is 12.7 Å². The zero-order chi connectivity index (χ0) is 22.4. The molecule has 1 atom stereocenters. The number of piperidine rings is 1. The number of hydrogen-bond acceptors (Lipinski definition) is 3. The molecule has 6 nitrogen and oxygen atoms in total. The smallest absolute Gasteiger partial charge is 0.356 e. The highest BCUT2D eigenvalue weighted by atomic mass is 127. The summed E-state index contributed by atoms with van der Waals surface area (Å²) >= 11 is 0. The van der Waals surface area contributed by atoms with Crippen molar-refractivity contribution in [3.8, 4) is 0 Å². The molecule has 0 radical (unpaired) electrons. The first-order valence-corrected chi connectivity index (χ1v) is 11.8. The summed E-state index contributed by atoms with van der Waals surface area (Å²) in [6, 6.07) is 5.56. The Morgan fingerprint density at radius 3 is 2.48 bits per heavy atom. The zero-order valence-electron chi connectivity index (χ0n) is 18.1. The number of nitrogens with one attached hydrogen (secondary N) is 2. The monoisotopic (exact) mass is 576 g/mol. The number of hydrogen-bond donors (Lipinski definition) is 2. The van der Waals surface area contributed by atoms with E-state index in [2.05, 4.69) is 15.6 Å². The van der Waals surface area contributed by atoms with E-state index in [-0.39, 0.29) is 41.7 Å². The van der Waals surface area contributed by atoms with Crippen LogP contribution >= 0.6 is 24.0 Å². The molecule has 2 rings (SSSR count). The molecule has 2 N–H and O–H groups in total. The maximum absolute atomic E-state index is 12.9. The topological polar surface area (TPSA) is 73.8 Å². The summed E-state index contributed by atoms with van der Waals surface area (Å²) < 4.78 is 64.1. The Hall–Kier alpha value is -1.08. The fraction of sp³-hybridized carbons (Fsp3) is 0.650. The van der Waals surface area contributed by atoms with Gasteiger partial charge in [0, 0.05) is 32.7 Å². The van der Waals surface area contributed by atoms with Crippen LogP contribution in [0.4, 0.5) is 13.2 Å². The van der Waals surface area contributed by atoms with Crippen LogP contribution < -0.4 is 10.6 Å². The molecule has 178 valence electrons. The van der Waals surface area contributed by atoms with Crippen LogP contribution in [-0.2, 0) is 16.2 Å². The van der Waals surface area contributed by atoms with Gasteiger partial charge in [0.15, 0.2) is 5.96 Å². The number of sulfonamides is 1. The van der Waals surface area contributed by atoms with Crippen LogP contribution in [0.15, 0.2) is 29.3 Å². The molecule has 31 heavy (non-hydrogen) atoms. The molecular weight excluding hydrogens is 544 g/mol. The molecule has 0 aliphatic carbocycles. The molecule has 1 heterocycles. The van der Waals surface area contributed by atoms with Crippen molar-refractivity contribution >= 4 is 40.0 Å². The first kappa shape index (κ1) is 28.0. The van der Waals surface area contributed by atoms with Crippen molar-refractivity contribution in [3.05, 3.63) is 35.4 Å². The van der Waals surface area contributed by atoms with E-state index >= 15 is 0 Å². The van der Waals surface area contributed by atoms with Gasteiger partial charge in [0.25, 0.3) is 0 Å². The van der Waals surface area contributed by atoms with Crippen molar-refractivity contribution in [1.29, 1.82) is 0 Å². The van der Waals surface area contributed by atoms with Crippen LogP contribution in [-0.4, -0.2) is 57.2 Å². The van der Waals surface area contributed by atoms with Gasteiger partial charge < -0.3 is 10.6 Å². The number of rotatable bonds is 7. The summed E-state index contributed by atoms with van der Waals surface area (Å²) in [5.74, 6) is 0.682. The second-order valence-electron chi connectivity index (χ2n) is 7.53. The van der Waals surface area contributed by atoms with Gasteiger partial charge in [-0.3, -0.25) is 4.99 Å². The fourth-order valence-electron chi connectivity index (χ4n) is 3.44. The lowest BCUT2D eigenvalue weighted by Gasteiger charge is -2.32. The third-order valence-corrected chi connectivity index (χ3v) is 7.31. The Kier molecular flexibility index (Phi) is 11.0. The predicted molar refractivity (Wildman–Crippen MR) is 128 cm³/mol. The summed E-state index contributed by atoms with van der Waals surface area (Å²) in [5.41, 5.74) is 0.0211. The lowest BCUT2D eigenvalue weighted by atomic mass is 9.96. The highest BCUT2D eigenvalue weighted by Crippen LogP contribution is 2.31. The third-order valence-electron chi connectivity index (χ3n) is 5.43. The molecule has 1 aliphatic rings. The summed E-state index contributed by atoms with van der Waals surface area (Å²) in [4.78, 5) is 4.20. The molecule has 1 aromatic rings. The van der Waals surface area contributed by atoms with Crippen LogP contribution in [0.2, 0.25) is 0 Å². The number of aliphatic imine (C=N–C) groups is 1. The van der Waals surface area contributed by atoms with Crippen molar-refractivity contribution in [2.24, 2.45) is 4.99 Å². The van der Waals surface area contributed by atoms with Crippen molar-refractivity contribution in [3.63, 3.8) is 0 Å². The van der Waals surface area contributed by atoms with Gasteiger partial charge in [-0.1, -0.05) is 25.1 Å².